The summed E-state index contributed by atoms with van der Waals surface area (Å²) < 4.78 is 12.0. The van der Waals surface area contributed by atoms with Gasteiger partial charge in [-0.05, 0) is 55.3 Å². The van der Waals surface area contributed by atoms with Crippen LogP contribution in [0.1, 0.15) is 36.5 Å². The van der Waals surface area contributed by atoms with E-state index < -0.39 is 0 Å². The van der Waals surface area contributed by atoms with E-state index in [1.807, 2.05) is 37.3 Å². The maximum absolute atomic E-state index is 12.2. The van der Waals surface area contributed by atoms with Crippen LogP contribution in [-0.4, -0.2) is 24.6 Å². The molecular formula is C29H29Cl2N3O4. The number of nitrogens with zero attached hydrogens (tertiary/aromatic N) is 1. The highest BCUT2D eigenvalue weighted by Gasteiger charge is 2.14. The van der Waals surface area contributed by atoms with Crippen LogP contribution in [0.5, 0.6) is 11.5 Å². The number of nitrogens with one attached hydrogen (secondary N) is 2. The van der Waals surface area contributed by atoms with Crippen molar-refractivity contribution in [2.75, 3.05) is 11.9 Å². The fourth-order valence-electron chi connectivity index (χ4n) is 3.49. The van der Waals surface area contributed by atoms with Gasteiger partial charge in [0.05, 0.1) is 12.8 Å². The summed E-state index contributed by atoms with van der Waals surface area (Å²) in [4.78, 5) is 24.2. The van der Waals surface area contributed by atoms with Gasteiger partial charge in [0.15, 0.2) is 11.5 Å². The van der Waals surface area contributed by atoms with Crippen molar-refractivity contribution < 1.29 is 19.1 Å². The molecule has 0 aliphatic rings. The first-order valence-electron chi connectivity index (χ1n) is 12.0. The predicted molar refractivity (Wildman–Crippen MR) is 152 cm³/mol. The van der Waals surface area contributed by atoms with E-state index in [2.05, 4.69) is 22.4 Å². The Morgan fingerprint density at radius 3 is 2.45 bits per heavy atom. The summed E-state index contributed by atoms with van der Waals surface area (Å²) >= 11 is 12.3. The Balaban J connectivity index is 1.64. The molecule has 0 fully saturated rings. The van der Waals surface area contributed by atoms with Crippen molar-refractivity contribution >= 4 is 46.9 Å². The summed E-state index contributed by atoms with van der Waals surface area (Å²) in [6, 6.07) is 18.0. The molecule has 0 atom stereocenters. The molecule has 2 N–H and O–H groups in total. The number of amides is 2. The molecule has 3 rings (SSSR count). The summed E-state index contributed by atoms with van der Waals surface area (Å²) in [7, 11) is 0. The van der Waals surface area contributed by atoms with E-state index in [-0.39, 0.29) is 31.3 Å². The molecule has 0 aliphatic carbocycles. The number of para-hydroxylation sites is 1. The van der Waals surface area contributed by atoms with Gasteiger partial charge in [0.1, 0.15) is 6.61 Å². The summed E-state index contributed by atoms with van der Waals surface area (Å²) in [5.74, 6) is 0.479. The van der Waals surface area contributed by atoms with Crippen molar-refractivity contribution in [3.8, 4) is 11.5 Å². The van der Waals surface area contributed by atoms with E-state index in [1.165, 1.54) is 6.21 Å². The van der Waals surface area contributed by atoms with Gasteiger partial charge in [-0.15, -0.1) is 6.58 Å². The number of allylic oxidation sites excluding steroid dienone is 1. The highest BCUT2D eigenvalue weighted by atomic mass is 35.5. The number of benzene rings is 3. The SMILES string of the molecule is C=CCc1cc(C=NNC(=O)CCC(=O)Nc2ccccc2)cc(OCC)c1OCc1ccc(Cl)cc1Cl. The zero-order chi connectivity index (χ0) is 27.3. The van der Waals surface area contributed by atoms with Gasteiger partial charge in [-0.25, -0.2) is 5.43 Å². The monoisotopic (exact) mass is 553 g/mol. The topological polar surface area (TPSA) is 89.0 Å². The molecule has 3 aromatic carbocycles. The zero-order valence-electron chi connectivity index (χ0n) is 21.0. The normalized spacial score (nSPS) is 10.7. The lowest BCUT2D eigenvalue weighted by atomic mass is 10.1. The number of carbonyl (C=O) groups excluding carboxylic acids is 2. The average molecular weight is 554 g/mol. The van der Waals surface area contributed by atoms with Gasteiger partial charge in [0.2, 0.25) is 11.8 Å². The van der Waals surface area contributed by atoms with E-state index in [9.17, 15) is 9.59 Å². The number of hydrogen-bond acceptors (Lipinski definition) is 5. The molecule has 7 nitrogen and oxygen atoms in total. The lowest BCUT2D eigenvalue weighted by Gasteiger charge is -2.17. The fraction of sp³-hybridized carbons (Fsp3) is 0.207. The van der Waals surface area contributed by atoms with Gasteiger partial charge in [-0.3, -0.25) is 9.59 Å². The van der Waals surface area contributed by atoms with E-state index in [4.69, 9.17) is 32.7 Å². The Morgan fingerprint density at radius 2 is 1.74 bits per heavy atom. The number of rotatable bonds is 13. The van der Waals surface area contributed by atoms with E-state index >= 15 is 0 Å². The molecule has 0 spiro atoms. The number of anilines is 1. The van der Waals surface area contributed by atoms with Crippen LogP contribution >= 0.6 is 23.2 Å². The maximum atomic E-state index is 12.2. The third kappa shape index (κ3) is 8.94. The van der Waals surface area contributed by atoms with Crippen LogP contribution in [0.3, 0.4) is 0 Å². The Hall–Kier alpha value is -3.81. The second kappa shape index (κ2) is 14.8. The van der Waals surface area contributed by atoms with Gasteiger partial charge >= 0.3 is 0 Å². The highest BCUT2D eigenvalue weighted by molar-refractivity contribution is 6.35. The molecule has 0 saturated heterocycles. The van der Waals surface area contributed by atoms with Gasteiger partial charge in [-0.1, -0.05) is 53.5 Å². The quantitative estimate of drug-likeness (QED) is 0.142. The second-order valence-corrected chi connectivity index (χ2v) is 9.01. The standard InChI is InChI=1S/C29H29Cl2N3O4/c1-3-8-21-15-20(18-32-34-28(36)14-13-27(35)33-24-9-6-5-7-10-24)16-26(37-4-2)29(21)38-19-22-11-12-23(30)17-25(22)31/h3,5-7,9-12,15-18H,1,4,8,13-14,19H2,2H3,(H,33,35)(H,34,36). The van der Waals surface area contributed by atoms with Gasteiger partial charge in [0.25, 0.3) is 0 Å². The highest BCUT2D eigenvalue weighted by Crippen LogP contribution is 2.35. The molecule has 0 saturated carbocycles. The summed E-state index contributed by atoms with van der Waals surface area (Å²) in [6.07, 6.45) is 3.83. The van der Waals surface area contributed by atoms with Gasteiger partial charge in [-0.2, -0.15) is 5.10 Å². The molecule has 0 radical (unpaired) electrons. The number of carbonyl (C=O) groups is 2. The molecule has 0 unspecified atom stereocenters. The fourth-order valence-corrected chi connectivity index (χ4v) is 3.95. The van der Waals surface area contributed by atoms with Crippen LogP contribution in [0.25, 0.3) is 0 Å². The Morgan fingerprint density at radius 1 is 0.974 bits per heavy atom. The van der Waals surface area contributed by atoms with Gasteiger partial charge in [0, 0.05) is 39.7 Å². The minimum atomic E-state index is -0.374. The zero-order valence-corrected chi connectivity index (χ0v) is 22.5. The summed E-state index contributed by atoms with van der Waals surface area (Å²) in [6.45, 7) is 6.36. The van der Waals surface area contributed by atoms with Crippen molar-refractivity contribution in [2.45, 2.75) is 32.8 Å². The van der Waals surface area contributed by atoms with Crippen LogP contribution in [0, 0.1) is 0 Å². The van der Waals surface area contributed by atoms with Crippen LogP contribution in [0.15, 0.2) is 78.4 Å². The molecule has 0 heterocycles. The number of hydrogen-bond donors (Lipinski definition) is 2. The molecule has 9 heteroatoms. The molecular weight excluding hydrogens is 525 g/mol. The van der Waals surface area contributed by atoms with E-state index in [1.54, 1.807) is 36.4 Å². The lowest BCUT2D eigenvalue weighted by molar-refractivity contribution is -0.124. The third-order valence-corrected chi connectivity index (χ3v) is 5.83. The molecule has 2 amide bonds. The second-order valence-electron chi connectivity index (χ2n) is 8.16. The largest absolute Gasteiger partial charge is 0.490 e. The number of hydrazone groups is 1. The number of ether oxygens (including phenoxy) is 2. The van der Waals surface area contributed by atoms with Crippen LogP contribution in [0.2, 0.25) is 10.0 Å². The first-order chi connectivity index (χ1) is 18.4. The first kappa shape index (κ1) is 28.8. The van der Waals surface area contributed by atoms with Crippen LogP contribution in [0.4, 0.5) is 5.69 Å². The van der Waals surface area contributed by atoms with Crippen LogP contribution in [-0.2, 0) is 22.6 Å². The smallest absolute Gasteiger partial charge is 0.240 e. The van der Waals surface area contributed by atoms with Gasteiger partial charge < -0.3 is 14.8 Å². The average Bonchev–Trinajstić information content (AvgIpc) is 2.89. The van der Waals surface area contributed by atoms with Crippen molar-refractivity contribution in [1.29, 1.82) is 0 Å². The van der Waals surface area contributed by atoms with Crippen molar-refractivity contribution in [3.63, 3.8) is 0 Å². The first-order valence-corrected chi connectivity index (χ1v) is 12.8. The lowest BCUT2D eigenvalue weighted by Crippen LogP contribution is -2.20. The molecule has 0 bridgehead atoms. The predicted octanol–water partition coefficient (Wildman–Crippen LogP) is 6.57. The Bertz CT molecular complexity index is 1300. The molecule has 0 aliphatic heterocycles. The third-order valence-electron chi connectivity index (χ3n) is 5.24. The minimum absolute atomic E-state index is 0.00194. The van der Waals surface area contributed by atoms with E-state index in [0.29, 0.717) is 45.8 Å². The molecule has 3 aromatic rings. The molecule has 38 heavy (non-hydrogen) atoms. The van der Waals surface area contributed by atoms with Crippen molar-refractivity contribution in [1.82, 2.24) is 5.43 Å². The summed E-state index contributed by atoms with van der Waals surface area (Å²) in [5, 5.41) is 7.84. The summed E-state index contributed by atoms with van der Waals surface area (Å²) in [5.41, 5.74) is 5.46. The Kier molecular flexibility index (Phi) is 11.2. The minimum Gasteiger partial charge on any atom is -0.490 e. The number of halogens is 2. The van der Waals surface area contributed by atoms with Crippen LogP contribution < -0.4 is 20.2 Å². The van der Waals surface area contributed by atoms with E-state index in [0.717, 1.165) is 11.1 Å². The Labute approximate surface area is 232 Å². The maximum Gasteiger partial charge on any atom is 0.240 e. The molecule has 198 valence electrons. The molecule has 0 aromatic heterocycles. The van der Waals surface area contributed by atoms with Crippen molar-refractivity contribution in [2.24, 2.45) is 5.10 Å². The van der Waals surface area contributed by atoms with Crippen molar-refractivity contribution in [3.05, 3.63) is 100 Å².